The Morgan fingerprint density at radius 3 is 2.67 bits per heavy atom. The maximum atomic E-state index is 12.6. The first-order valence-electron chi connectivity index (χ1n) is 7.16. The molecule has 1 aliphatic rings. The molecule has 108 valence electrons. The summed E-state index contributed by atoms with van der Waals surface area (Å²) in [5, 5.41) is 0. The molecule has 1 amide bonds. The number of carbonyl (C=O) groups excluding carboxylic acids is 1. The third-order valence-electron chi connectivity index (χ3n) is 3.83. The van der Waals surface area contributed by atoms with Crippen LogP contribution >= 0.6 is 0 Å². The van der Waals surface area contributed by atoms with Gasteiger partial charge in [-0.25, -0.2) is 0 Å². The third kappa shape index (κ3) is 2.81. The summed E-state index contributed by atoms with van der Waals surface area (Å²) in [6, 6.07) is 15.4. The average molecular weight is 282 g/mol. The lowest BCUT2D eigenvalue weighted by atomic mass is 10.0. The lowest BCUT2D eigenvalue weighted by Gasteiger charge is -2.39. The van der Waals surface area contributed by atoms with Crippen LogP contribution in [0.5, 0.6) is 0 Å². The second-order valence-electron chi connectivity index (χ2n) is 5.16. The zero-order valence-electron chi connectivity index (χ0n) is 12.0. The molecule has 0 spiro atoms. The van der Waals surface area contributed by atoms with Crippen molar-refractivity contribution in [1.82, 2.24) is 9.88 Å². The molecule has 0 radical (unpaired) electrons. The molecule has 0 aliphatic carbocycles. The number of ether oxygens (including phenoxy) is 1. The Morgan fingerprint density at radius 2 is 1.95 bits per heavy atom. The van der Waals surface area contributed by atoms with E-state index in [1.54, 1.807) is 12.3 Å². The molecule has 2 atom stereocenters. The number of hydrogen-bond acceptors (Lipinski definition) is 3. The van der Waals surface area contributed by atoms with Gasteiger partial charge in [0, 0.05) is 12.7 Å². The number of benzene rings is 1. The van der Waals surface area contributed by atoms with E-state index >= 15 is 0 Å². The van der Waals surface area contributed by atoms with Crippen LogP contribution in [0.3, 0.4) is 0 Å². The van der Waals surface area contributed by atoms with Gasteiger partial charge in [0.25, 0.3) is 5.91 Å². The number of carbonyl (C=O) groups is 1. The van der Waals surface area contributed by atoms with Gasteiger partial charge in [0.15, 0.2) is 0 Å². The Hall–Kier alpha value is -2.20. The van der Waals surface area contributed by atoms with E-state index in [1.807, 2.05) is 54.3 Å². The predicted molar refractivity (Wildman–Crippen MR) is 79.9 cm³/mol. The summed E-state index contributed by atoms with van der Waals surface area (Å²) in [6.45, 7) is 3.17. The van der Waals surface area contributed by atoms with E-state index in [1.165, 1.54) is 0 Å². The highest BCUT2D eigenvalue weighted by Gasteiger charge is 2.33. The van der Waals surface area contributed by atoms with Crippen LogP contribution in [-0.2, 0) is 4.74 Å². The molecule has 0 saturated carbocycles. The molecule has 1 saturated heterocycles. The Kier molecular flexibility index (Phi) is 3.97. The largest absolute Gasteiger partial charge is 0.370 e. The molecule has 1 fully saturated rings. The summed E-state index contributed by atoms with van der Waals surface area (Å²) in [5.74, 6) is -0.0349. The molecule has 3 rings (SSSR count). The van der Waals surface area contributed by atoms with Gasteiger partial charge in [-0.05, 0) is 24.6 Å². The van der Waals surface area contributed by atoms with Crippen LogP contribution in [0.1, 0.15) is 29.1 Å². The zero-order chi connectivity index (χ0) is 14.7. The molecule has 2 aromatic rings. The van der Waals surface area contributed by atoms with Crippen LogP contribution < -0.4 is 0 Å². The summed E-state index contributed by atoms with van der Waals surface area (Å²) in [4.78, 5) is 18.6. The maximum absolute atomic E-state index is 12.6. The number of morpholine rings is 1. The van der Waals surface area contributed by atoms with E-state index in [9.17, 15) is 4.79 Å². The van der Waals surface area contributed by atoms with E-state index in [-0.39, 0.29) is 18.1 Å². The van der Waals surface area contributed by atoms with Crippen molar-refractivity contribution in [2.24, 2.45) is 0 Å². The lowest BCUT2D eigenvalue weighted by molar-refractivity contribution is -0.0553. The van der Waals surface area contributed by atoms with Crippen LogP contribution in [0.2, 0.25) is 0 Å². The number of hydrogen-bond donors (Lipinski definition) is 0. The molecular weight excluding hydrogens is 264 g/mol. The first-order valence-corrected chi connectivity index (χ1v) is 7.16. The van der Waals surface area contributed by atoms with Gasteiger partial charge in [0.1, 0.15) is 11.8 Å². The summed E-state index contributed by atoms with van der Waals surface area (Å²) in [7, 11) is 0. The Balaban J connectivity index is 1.82. The van der Waals surface area contributed by atoms with Gasteiger partial charge in [-0.3, -0.25) is 9.78 Å². The normalized spacial score (nSPS) is 22.0. The number of rotatable bonds is 2. The molecule has 2 unspecified atom stereocenters. The van der Waals surface area contributed by atoms with E-state index in [0.29, 0.717) is 18.8 Å². The van der Waals surface area contributed by atoms with Crippen molar-refractivity contribution in [3.63, 3.8) is 0 Å². The van der Waals surface area contributed by atoms with Crippen molar-refractivity contribution in [3.8, 4) is 0 Å². The van der Waals surface area contributed by atoms with E-state index in [4.69, 9.17) is 4.74 Å². The van der Waals surface area contributed by atoms with Crippen molar-refractivity contribution in [3.05, 3.63) is 66.0 Å². The predicted octanol–water partition coefficient (Wildman–Crippen LogP) is 2.68. The van der Waals surface area contributed by atoms with Crippen LogP contribution in [0.4, 0.5) is 0 Å². The van der Waals surface area contributed by atoms with Gasteiger partial charge in [0.05, 0.1) is 12.6 Å². The third-order valence-corrected chi connectivity index (χ3v) is 3.83. The van der Waals surface area contributed by atoms with Crippen LogP contribution in [0.25, 0.3) is 0 Å². The monoisotopic (exact) mass is 282 g/mol. The minimum atomic E-state index is -0.0902. The van der Waals surface area contributed by atoms with Crippen LogP contribution in [-0.4, -0.2) is 35.0 Å². The molecule has 0 bridgehead atoms. The van der Waals surface area contributed by atoms with Gasteiger partial charge >= 0.3 is 0 Å². The topological polar surface area (TPSA) is 42.4 Å². The van der Waals surface area contributed by atoms with Crippen molar-refractivity contribution >= 4 is 5.91 Å². The highest BCUT2D eigenvalue weighted by molar-refractivity contribution is 5.92. The lowest BCUT2D eigenvalue weighted by Crippen LogP contribution is -2.48. The fraction of sp³-hybridized carbons (Fsp3) is 0.294. The van der Waals surface area contributed by atoms with Crippen molar-refractivity contribution in [2.45, 2.75) is 19.1 Å². The number of nitrogens with zero attached hydrogens (tertiary/aromatic N) is 2. The minimum Gasteiger partial charge on any atom is -0.370 e. The molecule has 4 nitrogen and oxygen atoms in total. The van der Waals surface area contributed by atoms with Gasteiger partial charge in [-0.15, -0.1) is 0 Å². The quantitative estimate of drug-likeness (QED) is 0.850. The average Bonchev–Trinajstić information content (AvgIpc) is 2.56. The number of aromatic nitrogens is 1. The van der Waals surface area contributed by atoms with Crippen LogP contribution in [0.15, 0.2) is 54.7 Å². The van der Waals surface area contributed by atoms with Gasteiger partial charge in [-0.2, -0.15) is 0 Å². The SMILES string of the molecule is CC1C(c2ccccc2)OCCN1C(=O)c1ccccn1. The highest BCUT2D eigenvalue weighted by Crippen LogP contribution is 2.28. The summed E-state index contributed by atoms with van der Waals surface area (Å²) in [6.07, 6.45) is 1.56. The molecule has 1 aromatic carbocycles. The van der Waals surface area contributed by atoms with Gasteiger partial charge in [0.2, 0.25) is 0 Å². The standard InChI is InChI=1S/C17H18N2O2/c1-13-16(14-7-3-2-4-8-14)21-12-11-19(13)17(20)15-9-5-6-10-18-15/h2-10,13,16H,11-12H2,1H3. The second kappa shape index (κ2) is 6.06. The minimum absolute atomic E-state index is 0.0179. The summed E-state index contributed by atoms with van der Waals surface area (Å²) < 4.78 is 5.88. The van der Waals surface area contributed by atoms with E-state index in [0.717, 1.165) is 5.56 Å². The van der Waals surface area contributed by atoms with Crippen molar-refractivity contribution in [1.29, 1.82) is 0 Å². The van der Waals surface area contributed by atoms with Crippen molar-refractivity contribution in [2.75, 3.05) is 13.2 Å². The Morgan fingerprint density at radius 1 is 1.19 bits per heavy atom. The highest BCUT2D eigenvalue weighted by atomic mass is 16.5. The Bertz CT molecular complexity index is 601. The van der Waals surface area contributed by atoms with Gasteiger partial charge in [-0.1, -0.05) is 36.4 Å². The fourth-order valence-electron chi connectivity index (χ4n) is 2.72. The van der Waals surface area contributed by atoms with E-state index < -0.39 is 0 Å². The summed E-state index contributed by atoms with van der Waals surface area (Å²) in [5.41, 5.74) is 1.58. The molecular formula is C17H18N2O2. The number of pyridine rings is 1. The number of amides is 1. The molecule has 2 heterocycles. The maximum Gasteiger partial charge on any atom is 0.272 e. The first kappa shape index (κ1) is 13.8. The molecule has 1 aliphatic heterocycles. The Labute approximate surface area is 124 Å². The fourth-order valence-corrected chi connectivity index (χ4v) is 2.72. The zero-order valence-corrected chi connectivity index (χ0v) is 12.0. The van der Waals surface area contributed by atoms with Gasteiger partial charge < -0.3 is 9.64 Å². The van der Waals surface area contributed by atoms with Crippen molar-refractivity contribution < 1.29 is 9.53 Å². The van der Waals surface area contributed by atoms with E-state index in [2.05, 4.69) is 4.98 Å². The second-order valence-corrected chi connectivity index (χ2v) is 5.16. The molecule has 0 N–H and O–H groups in total. The molecule has 1 aromatic heterocycles. The molecule has 21 heavy (non-hydrogen) atoms. The first-order chi connectivity index (χ1) is 10.3. The summed E-state index contributed by atoms with van der Waals surface area (Å²) >= 11 is 0. The van der Waals surface area contributed by atoms with Crippen LogP contribution in [0, 0.1) is 0 Å². The molecule has 4 heteroatoms. The smallest absolute Gasteiger partial charge is 0.272 e.